The van der Waals surface area contributed by atoms with E-state index in [-0.39, 0.29) is 5.78 Å². The second-order valence-corrected chi connectivity index (χ2v) is 5.96. The topological polar surface area (TPSA) is 34.9 Å². The average molecular weight is 325 g/mol. The van der Waals surface area contributed by atoms with E-state index in [1.54, 1.807) is 0 Å². The van der Waals surface area contributed by atoms with Gasteiger partial charge in [-0.05, 0) is 61.5 Å². The van der Waals surface area contributed by atoms with Crippen molar-refractivity contribution in [1.29, 1.82) is 0 Å². The standard InChI is InChI=1S/C15H21BrN2O/c1-3-18-14(15(16)11(2)17-18)10-13(19)9-12-7-5-4-6-8-12/h9H,3-8,10H2,1-2H3. The fourth-order valence-corrected chi connectivity index (χ4v) is 3.06. The van der Waals surface area contributed by atoms with Crippen molar-refractivity contribution in [2.75, 3.05) is 0 Å². The molecule has 1 aromatic rings. The van der Waals surface area contributed by atoms with Gasteiger partial charge in [-0.3, -0.25) is 9.48 Å². The summed E-state index contributed by atoms with van der Waals surface area (Å²) in [6.45, 7) is 4.81. The molecule has 1 heterocycles. The first-order valence-electron chi connectivity index (χ1n) is 7.06. The van der Waals surface area contributed by atoms with E-state index in [1.807, 2.05) is 24.6 Å². The minimum Gasteiger partial charge on any atom is -0.294 e. The van der Waals surface area contributed by atoms with Gasteiger partial charge >= 0.3 is 0 Å². The summed E-state index contributed by atoms with van der Waals surface area (Å²) in [7, 11) is 0. The molecule has 0 aromatic carbocycles. The molecule has 1 aromatic heterocycles. The molecule has 3 nitrogen and oxygen atoms in total. The fourth-order valence-electron chi connectivity index (χ4n) is 2.63. The Morgan fingerprint density at radius 2 is 2.05 bits per heavy atom. The Morgan fingerprint density at radius 3 is 2.68 bits per heavy atom. The molecular formula is C15H21BrN2O. The summed E-state index contributed by atoms with van der Waals surface area (Å²) in [4.78, 5) is 12.2. The lowest BCUT2D eigenvalue weighted by Crippen LogP contribution is -2.09. The van der Waals surface area contributed by atoms with E-state index in [9.17, 15) is 4.79 Å². The highest BCUT2D eigenvalue weighted by molar-refractivity contribution is 9.10. The molecule has 2 rings (SSSR count). The monoisotopic (exact) mass is 324 g/mol. The third-order valence-corrected chi connectivity index (χ3v) is 4.69. The molecule has 1 aliphatic carbocycles. The molecule has 0 saturated heterocycles. The van der Waals surface area contributed by atoms with Crippen LogP contribution in [0.25, 0.3) is 0 Å². The lowest BCUT2D eigenvalue weighted by Gasteiger charge is -2.13. The van der Waals surface area contributed by atoms with Gasteiger partial charge in [0.2, 0.25) is 0 Å². The maximum absolute atomic E-state index is 12.2. The lowest BCUT2D eigenvalue weighted by atomic mass is 9.93. The van der Waals surface area contributed by atoms with Crippen molar-refractivity contribution in [3.05, 3.63) is 27.5 Å². The molecule has 0 spiro atoms. The number of halogens is 1. The number of hydrogen-bond acceptors (Lipinski definition) is 2. The van der Waals surface area contributed by atoms with E-state index in [0.29, 0.717) is 6.42 Å². The van der Waals surface area contributed by atoms with Crippen molar-refractivity contribution in [1.82, 2.24) is 9.78 Å². The van der Waals surface area contributed by atoms with E-state index >= 15 is 0 Å². The highest BCUT2D eigenvalue weighted by Gasteiger charge is 2.15. The van der Waals surface area contributed by atoms with Crippen LogP contribution >= 0.6 is 15.9 Å². The molecule has 0 N–H and O–H groups in total. The van der Waals surface area contributed by atoms with Crippen LogP contribution in [0.4, 0.5) is 0 Å². The number of hydrogen-bond donors (Lipinski definition) is 0. The van der Waals surface area contributed by atoms with E-state index < -0.39 is 0 Å². The third-order valence-electron chi connectivity index (χ3n) is 3.66. The SMILES string of the molecule is CCn1nc(C)c(Br)c1CC(=O)C=C1CCCCC1. The van der Waals surface area contributed by atoms with Crippen molar-refractivity contribution < 1.29 is 4.79 Å². The van der Waals surface area contributed by atoms with Crippen LogP contribution in [-0.4, -0.2) is 15.6 Å². The summed E-state index contributed by atoms with van der Waals surface area (Å²) in [5.41, 5.74) is 3.28. The molecule has 0 unspecified atom stereocenters. The Balaban J connectivity index is 2.10. The lowest BCUT2D eigenvalue weighted by molar-refractivity contribution is -0.114. The number of carbonyl (C=O) groups is 1. The maximum Gasteiger partial charge on any atom is 0.161 e. The Labute approximate surface area is 123 Å². The van der Waals surface area contributed by atoms with Gasteiger partial charge in [0.15, 0.2) is 5.78 Å². The van der Waals surface area contributed by atoms with Gasteiger partial charge in [-0.1, -0.05) is 12.0 Å². The Morgan fingerprint density at radius 1 is 1.37 bits per heavy atom. The van der Waals surface area contributed by atoms with Crippen LogP contribution in [0.5, 0.6) is 0 Å². The molecule has 4 heteroatoms. The van der Waals surface area contributed by atoms with Crippen molar-refractivity contribution in [3.63, 3.8) is 0 Å². The number of nitrogens with zero attached hydrogens (tertiary/aromatic N) is 2. The summed E-state index contributed by atoms with van der Waals surface area (Å²) in [6.07, 6.45) is 8.27. The van der Waals surface area contributed by atoms with Crippen molar-refractivity contribution in [3.8, 4) is 0 Å². The molecule has 0 amide bonds. The first-order valence-corrected chi connectivity index (χ1v) is 7.85. The zero-order valence-electron chi connectivity index (χ0n) is 11.7. The summed E-state index contributed by atoms with van der Waals surface area (Å²) >= 11 is 3.54. The molecule has 1 fully saturated rings. The van der Waals surface area contributed by atoms with Gasteiger partial charge in [0, 0.05) is 6.54 Å². The summed E-state index contributed by atoms with van der Waals surface area (Å²) in [5.74, 6) is 0.201. The van der Waals surface area contributed by atoms with Crippen LogP contribution in [0.1, 0.15) is 50.4 Å². The Kier molecular flexibility index (Phi) is 4.97. The summed E-state index contributed by atoms with van der Waals surface area (Å²) < 4.78 is 2.89. The smallest absolute Gasteiger partial charge is 0.161 e. The van der Waals surface area contributed by atoms with Crippen LogP contribution < -0.4 is 0 Å². The minimum atomic E-state index is 0.201. The summed E-state index contributed by atoms with van der Waals surface area (Å²) in [6, 6.07) is 0. The van der Waals surface area contributed by atoms with E-state index in [0.717, 1.165) is 35.2 Å². The highest BCUT2D eigenvalue weighted by Crippen LogP contribution is 2.24. The Hall–Kier alpha value is -0.900. The molecular weight excluding hydrogens is 304 g/mol. The molecule has 0 atom stereocenters. The van der Waals surface area contributed by atoms with E-state index in [4.69, 9.17) is 0 Å². The molecule has 104 valence electrons. The number of allylic oxidation sites excluding steroid dienone is 2. The van der Waals surface area contributed by atoms with Gasteiger partial charge in [0.1, 0.15) is 0 Å². The number of rotatable bonds is 4. The van der Waals surface area contributed by atoms with Crippen LogP contribution in [0.2, 0.25) is 0 Å². The van der Waals surface area contributed by atoms with Gasteiger partial charge in [-0.15, -0.1) is 0 Å². The number of carbonyl (C=O) groups excluding carboxylic acids is 1. The first-order chi connectivity index (χ1) is 9.11. The molecule has 1 aliphatic rings. The molecule has 19 heavy (non-hydrogen) atoms. The molecule has 0 aliphatic heterocycles. The molecule has 0 radical (unpaired) electrons. The minimum absolute atomic E-state index is 0.201. The fraction of sp³-hybridized carbons (Fsp3) is 0.600. The first kappa shape index (κ1) is 14.5. The largest absolute Gasteiger partial charge is 0.294 e. The number of aromatic nitrogens is 2. The highest BCUT2D eigenvalue weighted by atomic mass is 79.9. The average Bonchev–Trinajstić information content (AvgIpc) is 2.67. The van der Waals surface area contributed by atoms with E-state index in [1.165, 1.54) is 24.8 Å². The van der Waals surface area contributed by atoms with Gasteiger partial charge < -0.3 is 0 Å². The van der Waals surface area contributed by atoms with E-state index in [2.05, 4.69) is 21.0 Å². The Bertz CT molecular complexity index is 494. The predicted octanol–water partition coefficient (Wildman–Crippen LogP) is 3.98. The van der Waals surface area contributed by atoms with Crippen molar-refractivity contribution >= 4 is 21.7 Å². The third kappa shape index (κ3) is 3.56. The van der Waals surface area contributed by atoms with Gasteiger partial charge in [-0.25, -0.2) is 0 Å². The normalized spacial score (nSPS) is 15.6. The zero-order chi connectivity index (χ0) is 13.8. The zero-order valence-corrected chi connectivity index (χ0v) is 13.3. The van der Waals surface area contributed by atoms with Gasteiger partial charge in [0.25, 0.3) is 0 Å². The quantitative estimate of drug-likeness (QED) is 0.785. The second-order valence-electron chi connectivity index (χ2n) is 5.17. The summed E-state index contributed by atoms with van der Waals surface area (Å²) in [5, 5.41) is 4.43. The van der Waals surface area contributed by atoms with Crippen molar-refractivity contribution in [2.24, 2.45) is 0 Å². The number of aryl methyl sites for hydroxylation is 2. The second kappa shape index (κ2) is 6.51. The van der Waals surface area contributed by atoms with Crippen LogP contribution in [0, 0.1) is 6.92 Å². The van der Waals surface area contributed by atoms with Crippen LogP contribution in [-0.2, 0) is 17.8 Å². The van der Waals surface area contributed by atoms with Crippen LogP contribution in [0.3, 0.4) is 0 Å². The van der Waals surface area contributed by atoms with Crippen molar-refractivity contribution in [2.45, 2.75) is 58.9 Å². The van der Waals surface area contributed by atoms with Gasteiger partial charge in [-0.2, -0.15) is 5.10 Å². The maximum atomic E-state index is 12.2. The molecule has 0 bridgehead atoms. The van der Waals surface area contributed by atoms with Crippen LogP contribution in [0.15, 0.2) is 16.1 Å². The predicted molar refractivity (Wildman–Crippen MR) is 80.2 cm³/mol. The number of ketones is 1. The molecule has 1 saturated carbocycles. The van der Waals surface area contributed by atoms with Gasteiger partial charge in [0.05, 0.1) is 22.3 Å².